The molecule has 0 amide bonds. The van der Waals surface area contributed by atoms with Crippen molar-refractivity contribution in [2.24, 2.45) is 0 Å². The Bertz CT molecular complexity index is 1330. The molecule has 0 rings (SSSR count). The smallest absolute Gasteiger partial charge is 0.306 e. The molecule has 63 heavy (non-hydrogen) atoms. The number of hydrogen-bond donors (Lipinski definition) is 0. The molecular weight excluding hydrogens is 781 g/mol. The fourth-order valence-corrected chi connectivity index (χ4v) is 6.54. The minimum atomic E-state index is -0.814. The third-order valence-corrected chi connectivity index (χ3v) is 10.3. The predicted octanol–water partition coefficient (Wildman–Crippen LogP) is 16.8. The Hall–Kier alpha value is -3.93. The maximum Gasteiger partial charge on any atom is 0.306 e. The standard InChI is InChI=1S/C57H92O6/c1-4-7-10-13-16-19-22-24-26-27-28-29-31-33-36-38-41-44-47-50-56(59)62-53-54(63-57(60)51-48-45-42-39-34-21-18-15-12-9-6-3)52-61-55(58)49-46-43-40-37-35-32-30-25-23-20-17-14-11-8-5-2/h7-8,10-11,16-17,19-20,24-26,28-30,33,36,41,44,54H,4-6,9,12-15,18,21-23,27,31-32,34-35,37-40,42-43,45-53H2,1-3H3/t54-/m1/s1. The lowest BCUT2D eigenvalue weighted by molar-refractivity contribution is -0.166. The summed E-state index contributed by atoms with van der Waals surface area (Å²) in [7, 11) is 0. The average molecular weight is 873 g/mol. The molecule has 0 aromatic carbocycles. The van der Waals surface area contributed by atoms with E-state index in [1.807, 2.05) is 12.2 Å². The Morgan fingerprint density at radius 2 is 0.651 bits per heavy atom. The molecule has 0 N–H and O–H groups in total. The molecule has 0 unspecified atom stereocenters. The van der Waals surface area contributed by atoms with Gasteiger partial charge in [-0.2, -0.15) is 0 Å². The molecular formula is C57H92O6. The number of carbonyl (C=O) groups is 3. The monoisotopic (exact) mass is 873 g/mol. The molecule has 0 aliphatic rings. The Morgan fingerprint density at radius 1 is 0.333 bits per heavy atom. The van der Waals surface area contributed by atoms with E-state index in [9.17, 15) is 14.4 Å². The van der Waals surface area contributed by atoms with E-state index in [2.05, 4.69) is 118 Å². The molecule has 6 nitrogen and oxygen atoms in total. The fraction of sp³-hybridized carbons (Fsp3) is 0.632. The Balaban J connectivity index is 4.51. The lowest BCUT2D eigenvalue weighted by Gasteiger charge is -2.18. The van der Waals surface area contributed by atoms with Crippen LogP contribution in [-0.2, 0) is 28.6 Å². The van der Waals surface area contributed by atoms with Crippen molar-refractivity contribution >= 4 is 17.9 Å². The van der Waals surface area contributed by atoms with Crippen LogP contribution in [0.4, 0.5) is 0 Å². The van der Waals surface area contributed by atoms with Crippen molar-refractivity contribution < 1.29 is 28.6 Å². The Kier molecular flexibility index (Phi) is 47.5. The zero-order valence-corrected chi connectivity index (χ0v) is 40.5. The van der Waals surface area contributed by atoms with Crippen LogP contribution in [0.5, 0.6) is 0 Å². The normalized spacial score (nSPS) is 13.0. The third-order valence-electron chi connectivity index (χ3n) is 10.3. The maximum absolute atomic E-state index is 12.8. The number of esters is 3. The van der Waals surface area contributed by atoms with Gasteiger partial charge in [0, 0.05) is 19.3 Å². The van der Waals surface area contributed by atoms with Crippen LogP contribution in [0.2, 0.25) is 0 Å². The first-order valence-corrected chi connectivity index (χ1v) is 25.4. The predicted molar refractivity (Wildman–Crippen MR) is 270 cm³/mol. The molecule has 0 bridgehead atoms. The highest BCUT2D eigenvalue weighted by atomic mass is 16.6. The summed E-state index contributed by atoms with van der Waals surface area (Å²) in [6.45, 7) is 6.31. The second-order valence-corrected chi connectivity index (χ2v) is 16.3. The quantitative estimate of drug-likeness (QED) is 0.0263. The molecule has 0 aliphatic heterocycles. The van der Waals surface area contributed by atoms with Gasteiger partial charge in [0.25, 0.3) is 0 Å². The van der Waals surface area contributed by atoms with Gasteiger partial charge >= 0.3 is 17.9 Å². The first-order valence-electron chi connectivity index (χ1n) is 25.4. The highest BCUT2D eigenvalue weighted by molar-refractivity contribution is 5.71. The van der Waals surface area contributed by atoms with Gasteiger partial charge in [-0.15, -0.1) is 0 Å². The minimum Gasteiger partial charge on any atom is -0.462 e. The van der Waals surface area contributed by atoms with Gasteiger partial charge in [0.05, 0.1) is 0 Å². The minimum absolute atomic E-state index is 0.111. The van der Waals surface area contributed by atoms with Gasteiger partial charge in [-0.05, 0) is 89.9 Å². The van der Waals surface area contributed by atoms with Crippen LogP contribution in [-0.4, -0.2) is 37.2 Å². The third kappa shape index (κ3) is 49.0. The van der Waals surface area contributed by atoms with Crippen LogP contribution in [0.1, 0.15) is 213 Å². The van der Waals surface area contributed by atoms with Gasteiger partial charge in [0.15, 0.2) is 6.10 Å². The highest BCUT2D eigenvalue weighted by Gasteiger charge is 2.19. The van der Waals surface area contributed by atoms with E-state index in [-0.39, 0.29) is 37.5 Å². The van der Waals surface area contributed by atoms with E-state index in [1.165, 1.54) is 51.4 Å². The van der Waals surface area contributed by atoms with E-state index in [1.54, 1.807) is 0 Å². The summed E-state index contributed by atoms with van der Waals surface area (Å²) < 4.78 is 16.7. The first-order chi connectivity index (χ1) is 31.0. The maximum atomic E-state index is 12.8. The number of ether oxygens (including phenoxy) is 3. The summed E-state index contributed by atoms with van der Waals surface area (Å²) in [5, 5.41) is 0. The lowest BCUT2D eigenvalue weighted by Crippen LogP contribution is -2.30. The molecule has 0 spiro atoms. The van der Waals surface area contributed by atoms with Crippen molar-refractivity contribution in [2.75, 3.05) is 13.2 Å². The number of rotatable bonds is 44. The van der Waals surface area contributed by atoms with Crippen LogP contribution in [0.15, 0.2) is 109 Å². The van der Waals surface area contributed by atoms with E-state index < -0.39 is 6.10 Å². The van der Waals surface area contributed by atoms with Crippen LogP contribution < -0.4 is 0 Å². The van der Waals surface area contributed by atoms with Crippen molar-refractivity contribution in [1.82, 2.24) is 0 Å². The summed E-state index contributed by atoms with van der Waals surface area (Å²) in [4.78, 5) is 37.9. The zero-order chi connectivity index (χ0) is 45.8. The average Bonchev–Trinajstić information content (AvgIpc) is 3.28. The molecule has 0 aromatic heterocycles. The van der Waals surface area contributed by atoms with E-state index >= 15 is 0 Å². The van der Waals surface area contributed by atoms with E-state index in [0.717, 1.165) is 116 Å². The molecule has 0 saturated heterocycles. The van der Waals surface area contributed by atoms with Crippen molar-refractivity contribution in [3.63, 3.8) is 0 Å². The molecule has 0 fully saturated rings. The van der Waals surface area contributed by atoms with Crippen molar-refractivity contribution in [2.45, 2.75) is 219 Å². The van der Waals surface area contributed by atoms with Crippen LogP contribution in [0, 0.1) is 0 Å². The number of unbranched alkanes of at least 4 members (excludes halogenated alkanes) is 15. The first kappa shape index (κ1) is 59.1. The fourth-order valence-electron chi connectivity index (χ4n) is 6.54. The second kappa shape index (κ2) is 50.7. The van der Waals surface area contributed by atoms with Crippen LogP contribution in [0.25, 0.3) is 0 Å². The van der Waals surface area contributed by atoms with Gasteiger partial charge < -0.3 is 14.2 Å². The van der Waals surface area contributed by atoms with E-state index in [0.29, 0.717) is 19.3 Å². The molecule has 356 valence electrons. The number of hydrogen-bond acceptors (Lipinski definition) is 6. The van der Waals surface area contributed by atoms with Crippen LogP contribution >= 0.6 is 0 Å². The number of allylic oxidation sites excluding steroid dienone is 18. The van der Waals surface area contributed by atoms with Gasteiger partial charge in [-0.25, -0.2) is 0 Å². The lowest BCUT2D eigenvalue weighted by atomic mass is 10.1. The van der Waals surface area contributed by atoms with Gasteiger partial charge in [-0.1, -0.05) is 214 Å². The van der Waals surface area contributed by atoms with Gasteiger partial charge in [0.2, 0.25) is 0 Å². The summed E-state index contributed by atoms with van der Waals surface area (Å²) in [5.74, 6) is -1.02. The van der Waals surface area contributed by atoms with Crippen molar-refractivity contribution in [3.8, 4) is 0 Å². The SMILES string of the molecule is CCC=CCC=CCC=CCC=CCC=CCC=CCCC(=O)OC[C@@H](COC(=O)CCCCCCCC=CCC=CCC=CCC)OC(=O)CCCCCCCCCCCCC. The summed E-state index contributed by atoms with van der Waals surface area (Å²) in [6.07, 6.45) is 68.0. The molecule has 0 radical (unpaired) electrons. The molecule has 0 heterocycles. The van der Waals surface area contributed by atoms with Gasteiger partial charge in [0.1, 0.15) is 13.2 Å². The van der Waals surface area contributed by atoms with Crippen molar-refractivity contribution in [1.29, 1.82) is 0 Å². The Labute approximate surface area is 387 Å². The van der Waals surface area contributed by atoms with E-state index in [4.69, 9.17) is 14.2 Å². The topological polar surface area (TPSA) is 78.9 Å². The van der Waals surface area contributed by atoms with Gasteiger partial charge in [-0.3, -0.25) is 14.4 Å². The largest absolute Gasteiger partial charge is 0.462 e. The Morgan fingerprint density at radius 3 is 1.06 bits per heavy atom. The molecule has 0 aliphatic carbocycles. The second-order valence-electron chi connectivity index (χ2n) is 16.3. The summed E-state index contributed by atoms with van der Waals surface area (Å²) in [6, 6.07) is 0. The van der Waals surface area contributed by atoms with Crippen molar-refractivity contribution in [3.05, 3.63) is 109 Å². The molecule has 0 aromatic rings. The molecule has 0 saturated carbocycles. The molecule has 1 atom stereocenters. The summed E-state index contributed by atoms with van der Waals surface area (Å²) >= 11 is 0. The zero-order valence-electron chi connectivity index (χ0n) is 40.5. The number of carbonyl (C=O) groups excluding carboxylic acids is 3. The van der Waals surface area contributed by atoms with Crippen LogP contribution in [0.3, 0.4) is 0 Å². The highest BCUT2D eigenvalue weighted by Crippen LogP contribution is 2.14. The molecule has 6 heteroatoms. The summed E-state index contributed by atoms with van der Waals surface area (Å²) in [5.41, 5.74) is 0.